The lowest BCUT2D eigenvalue weighted by Gasteiger charge is -2.33. The number of benzene rings is 1. The number of carbonyl (C=O) groups excluding carboxylic acids is 1. The fourth-order valence-corrected chi connectivity index (χ4v) is 4.96. The van der Waals surface area contributed by atoms with Crippen LogP contribution in [0, 0.1) is 5.82 Å². The Morgan fingerprint density at radius 3 is 2.84 bits per heavy atom. The number of sulfonamides is 1. The number of fused-ring (bicyclic) bond motifs is 1. The number of hydrogen-bond acceptors (Lipinski definition) is 7. The summed E-state index contributed by atoms with van der Waals surface area (Å²) in [5.41, 5.74) is 0.711. The molecule has 1 aromatic heterocycles. The van der Waals surface area contributed by atoms with Crippen LogP contribution in [0.4, 0.5) is 4.39 Å². The molecule has 1 amide bonds. The van der Waals surface area contributed by atoms with Crippen LogP contribution in [-0.2, 0) is 39.3 Å². The quantitative estimate of drug-likeness (QED) is 0.611. The van der Waals surface area contributed by atoms with E-state index in [1.807, 2.05) is 0 Å². The van der Waals surface area contributed by atoms with Crippen molar-refractivity contribution in [3.63, 3.8) is 0 Å². The molecule has 2 aliphatic rings. The topological polar surface area (TPSA) is 116 Å². The molecular formula is C20H26FN5O5S. The number of hydrogen-bond donors (Lipinski definition) is 1. The van der Waals surface area contributed by atoms with Gasteiger partial charge >= 0.3 is 0 Å². The molecule has 1 saturated heterocycles. The van der Waals surface area contributed by atoms with Crippen molar-refractivity contribution in [1.29, 1.82) is 0 Å². The highest BCUT2D eigenvalue weighted by molar-refractivity contribution is 7.89. The van der Waals surface area contributed by atoms with Crippen LogP contribution in [0.5, 0.6) is 5.75 Å². The molecule has 10 nitrogen and oxygen atoms in total. The zero-order valence-corrected chi connectivity index (χ0v) is 18.6. The third kappa shape index (κ3) is 5.08. The molecule has 0 saturated carbocycles. The Morgan fingerprint density at radius 2 is 2.09 bits per heavy atom. The first-order valence-electron chi connectivity index (χ1n) is 10.5. The van der Waals surface area contributed by atoms with Gasteiger partial charge in [-0.15, -0.1) is 5.10 Å². The minimum Gasteiger partial charge on any atom is -0.484 e. The van der Waals surface area contributed by atoms with Gasteiger partial charge < -0.3 is 14.4 Å². The molecule has 0 bridgehead atoms. The van der Waals surface area contributed by atoms with Gasteiger partial charge in [-0.1, -0.05) is 12.1 Å². The fourth-order valence-electron chi connectivity index (χ4n) is 3.92. The summed E-state index contributed by atoms with van der Waals surface area (Å²) in [4.78, 5) is 14.3. The van der Waals surface area contributed by atoms with Crippen molar-refractivity contribution in [2.45, 2.75) is 45.1 Å². The van der Waals surface area contributed by atoms with Gasteiger partial charge in [0, 0.05) is 6.54 Å². The minimum atomic E-state index is -3.34. The Hall–Kier alpha value is -2.57. The zero-order valence-electron chi connectivity index (χ0n) is 17.8. The Balaban J connectivity index is 1.33. The lowest BCUT2D eigenvalue weighted by Crippen LogP contribution is -2.46. The maximum atomic E-state index is 13.0. The number of halogens is 1. The SMILES string of the molecule is CCCS(=O)(=O)NCc1nnn2c1COC1(CCN(C(=O)COc3ccc(F)cc3)C1)C2. The molecule has 1 aromatic carbocycles. The maximum absolute atomic E-state index is 13.0. The summed E-state index contributed by atoms with van der Waals surface area (Å²) >= 11 is 0. The Morgan fingerprint density at radius 1 is 1.31 bits per heavy atom. The molecule has 1 spiro atoms. The Bertz CT molecular complexity index is 1070. The van der Waals surface area contributed by atoms with Gasteiger partial charge in [0.25, 0.3) is 5.91 Å². The summed E-state index contributed by atoms with van der Waals surface area (Å²) in [6, 6.07) is 5.51. The van der Waals surface area contributed by atoms with E-state index in [1.54, 1.807) is 16.5 Å². The molecule has 2 aromatic rings. The fraction of sp³-hybridized carbons (Fsp3) is 0.550. The molecule has 0 aliphatic carbocycles. The average molecular weight is 468 g/mol. The van der Waals surface area contributed by atoms with E-state index >= 15 is 0 Å². The van der Waals surface area contributed by atoms with Gasteiger partial charge in [-0.25, -0.2) is 22.2 Å². The van der Waals surface area contributed by atoms with Crippen LogP contribution in [0.2, 0.25) is 0 Å². The molecular weight excluding hydrogens is 441 g/mol. The van der Waals surface area contributed by atoms with E-state index in [9.17, 15) is 17.6 Å². The number of nitrogens with zero attached hydrogens (tertiary/aromatic N) is 4. The van der Waals surface area contributed by atoms with Crippen molar-refractivity contribution in [2.75, 3.05) is 25.4 Å². The second-order valence-electron chi connectivity index (χ2n) is 8.06. The molecule has 2 aliphatic heterocycles. The van der Waals surface area contributed by atoms with E-state index in [0.29, 0.717) is 43.9 Å². The van der Waals surface area contributed by atoms with Crippen LogP contribution in [0.25, 0.3) is 0 Å². The second-order valence-corrected chi connectivity index (χ2v) is 9.99. The summed E-state index contributed by atoms with van der Waals surface area (Å²) < 4.78 is 52.6. The third-order valence-electron chi connectivity index (χ3n) is 5.65. The summed E-state index contributed by atoms with van der Waals surface area (Å²) in [6.45, 7) is 3.33. The zero-order chi connectivity index (χ0) is 22.8. The van der Waals surface area contributed by atoms with E-state index in [2.05, 4.69) is 15.0 Å². The number of amides is 1. The van der Waals surface area contributed by atoms with Gasteiger partial charge in [-0.3, -0.25) is 4.79 Å². The number of aromatic nitrogens is 3. The van der Waals surface area contributed by atoms with Crippen molar-refractivity contribution >= 4 is 15.9 Å². The van der Waals surface area contributed by atoms with Gasteiger partial charge in [0.1, 0.15) is 22.9 Å². The molecule has 3 heterocycles. The van der Waals surface area contributed by atoms with Crippen LogP contribution < -0.4 is 9.46 Å². The molecule has 0 radical (unpaired) electrons. The normalized spacial score (nSPS) is 20.5. The van der Waals surface area contributed by atoms with Crippen LogP contribution in [0.1, 0.15) is 31.2 Å². The van der Waals surface area contributed by atoms with E-state index in [-0.39, 0.29) is 37.2 Å². The van der Waals surface area contributed by atoms with Crippen molar-refractivity contribution in [3.8, 4) is 5.75 Å². The smallest absolute Gasteiger partial charge is 0.260 e. The summed E-state index contributed by atoms with van der Waals surface area (Å²) in [7, 11) is -3.34. The molecule has 4 rings (SSSR count). The molecule has 1 atom stereocenters. The van der Waals surface area contributed by atoms with E-state index in [4.69, 9.17) is 9.47 Å². The van der Waals surface area contributed by atoms with E-state index < -0.39 is 15.6 Å². The summed E-state index contributed by atoms with van der Waals surface area (Å²) in [5, 5.41) is 8.29. The van der Waals surface area contributed by atoms with Crippen molar-refractivity contribution in [1.82, 2.24) is 24.6 Å². The highest BCUT2D eigenvalue weighted by atomic mass is 32.2. The van der Waals surface area contributed by atoms with Crippen LogP contribution in [0.3, 0.4) is 0 Å². The van der Waals surface area contributed by atoms with Gasteiger partial charge in [0.05, 0.1) is 37.7 Å². The van der Waals surface area contributed by atoms with E-state index in [1.165, 1.54) is 24.3 Å². The third-order valence-corrected chi connectivity index (χ3v) is 7.18. The monoisotopic (exact) mass is 467 g/mol. The van der Waals surface area contributed by atoms with Crippen molar-refractivity contribution < 1.29 is 27.1 Å². The molecule has 1 unspecified atom stereocenters. The highest BCUT2D eigenvalue weighted by Gasteiger charge is 2.44. The standard InChI is InChI=1S/C20H26FN5O5S/c1-2-9-32(28,29)22-10-17-18-11-31-20(14-26(18)24-23-17)7-8-25(13-20)19(27)12-30-16-5-3-15(21)4-6-16/h3-6,22H,2,7-14H2,1H3. The molecule has 32 heavy (non-hydrogen) atoms. The number of rotatable bonds is 8. The summed E-state index contributed by atoms with van der Waals surface area (Å²) in [5.74, 6) is -0.0547. The minimum absolute atomic E-state index is 0.0603. The number of likely N-dealkylation sites (tertiary alicyclic amines) is 1. The molecule has 1 fully saturated rings. The van der Waals surface area contributed by atoms with Gasteiger partial charge in [-0.05, 0) is 37.1 Å². The van der Waals surface area contributed by atoms with Crippen LogP contribution in [-0.4, -0.2) is 65.3 Å². The lowest BCUT2D eigenvalue weighted by atomic mass is 10.0. The van der Waals surface area contributed by atoms with Crippen LogP contribution in [0.15, 0.2) is 24.3 Å². The first-order valence-corrected chi connectivity index (χ1v) is 12.1. The predicted octanol–water partition coefficient (Wildman–Crippen LogP) is 0.827. The largest absolute Gasteiger partial charge is 0.484 e. The first kappa shape index (κ1) is 22.6. The highest BCUT2D eigenvalue weighted by Crippen LogP contribution is 2.32. The second kappa shape index (κ2) is 9.12. The van der Waals surface area contributed by atoms with E-state index in [0.717, 1.165) is 5.69 Å². The first-order chi connectivity index (χ1) is 15.3. The Labute approximate surface area is 185 Å². The van der Waals surface area contributed by atoms with Crippen molar-refractivity contribution in [3.05, 3.63) is 41.5 Å². The molecule has 1 N–H and O–H groups in total. The lowest BCUT2D eigenvalue weighted by molar-refractivity contribution is -0.135. The number of nitrogens with one attached hydrogen (secondary N) is 1. The van der Waals surface area contributed by atoms with Crippen LogP contribution >= 0.6 is 0 Å². The van der Waals surface area contributed by atoms with Gasteiger partial charge in [-0.2, -0.15) is 0 Å². The predicted molar refractivity (Wildman–Crippen MR) is 112 cm³/mol. The maximum Gasteiger partial charge on any atom is 0.260 e. The van der Waals surface area contributed by atoms with Gasteiger partial charge in [0.15, 0.2) is 6.61 Å². The number of ether oxygens (including phenoxy) is 2. The molecule has 174 valence electrons. The summed E-state index contributed by atoms with van der Waals surface area (Å²) in [6.07, 6.45) is 1.18. The molecule has 12 heteroatoms. The van der Waals surface area contributed by atoms with Crippen molar-refractivity contribution in [2.24, 2.45) is 0 Å². The van der Waals surface area contributed by atoms with Gasteiger partial charge in [0.2, 0.25) is 10.0 Å². The number of carbonyl (C=O) groups is 1. The average Bonchev–Trinajstić information content (AvgIpc) is 3.36. The Kier molecular flexibility index (Phi) is 6.45.